The molecule has 0 aromatic rings. The Balaban J connectivity index is 4.81. The van der Waals surface area contributed by atoms with Gasteiger partial charge in [0.1, 0.15) is 5.60 Å². The predicted molar refractivity (Wildman–Crippen MR) is 80.4 cm³/mol. The molecule has 0 saturated heterocycles. The first-order valence-corrected chi connectivity index (χ1v) is 9.27. The second-order valence-electron chi connectivity index (χ2n) is 5.62. The molecule has 0 bridgehead atoms. The number of esters is 1. The average Bonchev–Trinajstić information content (AvgIpc) is 2.27. The SMILES string of the molecule is CCO[Si](CC(C)C(=O)OC(C)(C)C)(OCC)OCC. The summed E-state index contributed by atoms with van der Waals surface area (Å²) < 4.78 is 22.6. The Morgan fingerprint density at radius 1 is 1.00 bits per heavy atom. The molecule has 0 radical (unpaired) electrons. The number of carbonyl (C=O) groups excluding carboxylic acids is 1. The van der Waals surface area contributed by atoms with Gasteiger partial charge in [-0.2, -0.15) is 0 Å². The van der Waals surface area contributed by atoms with Crippen molar-refractivity contribution < 1.29 is 22.8 Å². The zero-order chi connectivity index (χ0) is 15.8. The van der Waals surface area contributed by atoms with Crippen LogP contribution >= 0.6 is 0 Å². The topological polar surface area (TPSA) is 54.0 Å². The van der Waals surface area contributed by atoms with Gasteiger partial charge in [0.2, 0.25) is 0 Å². The van der Waals surface area contributed by atoms with E-state index in [2.05, 4.69) is 0 Å². The highest BCUT2D eigenvalue weighted by Crippen LogP contribution is 2.24. The Morgan fingerprint density at radius 3 is 1.70 bits per heavy atom. The van der Waals surface area contributed by atoms with Gasteiger partial charge in [0.05, 0.1) is 5.92 Å². The normalized spacial score (nSPS) is 14.2. The van der Waals surface area contributed by atoms with E-state index >= 15 is 0 Å². The van der Waals surface area contributed by atoms with Crippen molar-refractivity contribution in [2.75, 3.05) is 19.8 Å². The molecule has 20 heavy (non-hydrogen) atoms. The van der Waals surface area contributed by atoms with Gasteiger partial charge in [0, 0.05) is 25.9 Å². The molecule has 0 rings (SSSR count). The van der Waals surface area contributed by atoms with Crippen LogP contribution < -0.4 is 0 Å². The van der Waals surface area contributed by atoms with Crippen LogP contribution in [0.4, 0.5) is 0 Å². The Kier molecular flexibility index (Phi) is 8.58. The first kappa shape index (κ1) is 19.6. The van der Waals surface area contributed by atoms with Crippen LogP contribution in [0.2, 0.25) is 6.04 Å². The largest absolute Gasteiger partial charge is 0.501 e. The van der Waals surface area contributed by atoms with Crippen LogP contribution in [0.25, 0.3) is 0 Å². The smallest absolute Gasteiger partial charge is 0.460 e. The van der Waals surface area contributed by atoms with Crippen LogP contribution in [0, 0.1) is 5.92 Å². The maximum atomic E-state index is 12.1. The summed E-state index contributed by atoms with van der Waals surface area (Å²) in [6.45, 7) is 14.6. The molecule has 0 saturated carbocycles. The minimum absolute atomic E-state index is 0.242. The van der Waals surface area contributed by atoms with Crippen molar-refractivity contribution in [1.82, 2.24) is 0 Å². The summed E-state index contributed by atoms with van der Waals surface area (Å²) in [5, 5.41) is 0. The number of rotatable bonds is 9. The van der Waals surface area contributed by atoms with Crippen molar-refractivity contribution >= 4 is 14.8 Å². The molecule has 6 heteroatoms. The standard InChI is InChI=1S/C14H30O5Si/c1-8-16-20(17-9-2,18-10-3)11-12(4)13(15)19-14(5,6)7/h12H,8-11H2,1-7H3. The minimum atomic E-state index is -2.80. The fourth-order valence-corrected chi connectivity index (χ4v) is 4.66. The van der Waals surface area contributed by atoms with Gasteiger partial charge in [-0.15, -0.1) is 0 Å². The third-order valence-corrected chi connectivity index (χ3v) is 5.76. The zero-order valence-electron chi connectivity index (χ0n) is 13.9. The lowest BCUT2D eigenvalue weighted by Crippen LogP contribution is -2.48. The number of ether oxygens (including phenoxy) is 1. The van der Waals surface area contributed by atoms with Crippen LogP contribution in [0.3, 0.4) is 0 Å². The van der Waals surface area contributed by atoms with E-state index in [0.717, 1.165) is 0 Å². The summed E-state index contributed by atoms with van der Waals surface area (Å²) in [5.74, 6) is -0.556. The third-order valence-electron chi connectivity index (χ3n) is 2.46. The first-order valence-electron chi connectivity index (χ1n) is 7.34. The van der Waals surface area contributed by atoms with E-state index < -0.39 is 14.4 Å². The van der Waals surface area contributed by atoms with Crippen molar-refractivity contribution in [2.45, 2.75) is 60.1 Å². The van der Waals surface area contributed by atoms with Gasteiger partial charge in [0.25, 0.3) is 0 Å². The maximum Gasteiger partial charge on any atom is 0.501 e. The van der Waals surface area contributed by atoms with Crippen LogP contribution in [0.15, 0.2) is 0 Å². The minimum Gasteiger partial charge on any atom is -0.460 e. The molecule has 0 aromatic heterocycles. The molecular weight excluding hydrogens is 276 g/mol. The number of hydrogen-bond acceptors (Lipinski definition) is 5. The highest BCUT2D eigenvalue weighted by molar-refractivity contribution is 6.61. The van der Waals surface area contributed by atoms with Crippen molar-refractivity contribution in [3.63, 3.8) is 0 Å². The van der Waals surface area contributed by atoms with Crippen LogP contribution in [0.5, 0.6) is 0 Å². The van der Waals surface area contributed by atoms with Gasteiger partial charge in [-0.1, -0.05) is 6.92 Å². The molecule has 0 N–H and O–H groups in total. The monoisotopic (exact) mass is 306 g/mol. The van der Waals surface area contributed by atoms with Crippen LogP contribution in [-0.4, -0.2) is 40.2 Å². The van der Waals surface area contributed by atoms with E-state index in [1.807, 2.05) is 48.5 Å². The van der Waals surface area contributed by atoms with E-state index in [-0.39, 0.29) is 11.9 Å². The van der Waals surface area contributed by atoms with Gasteiger partial charge in [0.15, 0.2) is 0 Å². The quantitative estimate of drug-likeness (QED) is 0.484. The number of carbonyl (C=O) groups is 1. The lowest BCUT2D eigenvalue weighted by molar-refractivity contribution is -0.159. The van der Waals surface area contributed by atoms with Crippen LogP contribution in [0.1, 0.15) is 48.5 Å². The molecule has 120 valence electrons. The molecule has 0 aliphatic carbocycles. The molecular formula is C14H30O5Si. The Morgan fingerprint density at radius 2 is 1.40 bits per heavy atom. The second kappa shape index (κ2) is 8.77. The zero-order valence-corrected chi connectivity index (χ0v) is 14.9. The molecule has 1 unspecified atom stereocenters. The van der Waals surface area contributed by atoms with Crippen molar-refractivity contribution in [3.8, 4) is 0 Å². The second-order valence-corrected chi connectivity index (χ2v) is 8.26. The van der Waals surface area contributed by atoms with E-state index in [9.17, 15) is 4.79 Å². The first-order chi connectivity index (χ1) is 9.19. The summed E-state index contributed by atoms with van der Waals surface area (Å²) in [4.78, 5) is 12.1. The molecule has 0 heterocycles. The van der Waals surface area contributed by atoms with E-state index in [4.69, 9.17) is 18.0 Å². The Hall–Kier alpha value is -0.433. The fourth-order valence-electron chi connectivity index (χ4n) is 1.82. The van der Waals surface area contributed by atoms with Gasteiger partial charge in [-0.05, 0) is 41.5 Å². The molecule has 0 aliphatic rings. The molecule has 0 aliphatic heterocycles. The van der Waals surface area contributed by atoms with Crippen molar-refractivity contribution in [1.29, 1.82) is 0 Å². The van der Waals surface area contributed by atoms with E-state index in [1.165, 1.54) is 0 Å². The summed E-state index contributed by atoms with van der Waals surface area (Å²) in [6.07, 6.45) is 0. The molecule has 0 spiro atoms. The highest BCUT2D eigenvalue weighted by Gasteiger charge is 2.44. The highest BCUT2D eigenvalue weighted by atomic mass is 28.4. The molecule has 5 nitrogen and oxygen atoms in total. The predicted octanol–water partition coefficient (Wildman–Crippen LogP) is 3.01. The van der Waals surface area contributed by atoms with Crippen LogP contribution in [-0.2, 0) is 22.8 Å². The van der Waals surface area contributed by atoms with E-state index in [0.29, 0.717) is 25.9 Å². The molecule has 0 amide bonds. The number of hydrogen-bond donors (Lipinski definition) is 0. The lowest BCUT2D eigenvalue weighted by Gasteiger charge is -2.31. The molecule has 0 aromatic carbocycles. The third kappa shape index (κ3) is 7.38. The van der Waals surface area contributed by atoms with E-state index in [1.54, 1.807) is 0 Å². The summed E-state index contributed by atoms with van der Waals surface area (Å²) >= 11 is 0. The summed E-state index contributed by atoms with van der Waals surface area (Å²) in [7, 11) is -2.80. The van der Waals surface area contributed by atoms with Gasteiger partial charge < -0.3 is 18.0 Å². The summed E-state index contributed by atoms with van der Waals surface area (Å²) in [6, 6.07) is 0.442. The van der Waals surface area contributed by atoms with Crippen molar-refractivity contribution in [3.05, 3.63) is 0 Å². The Labute approximate surface area is 124 Å². The summed E-state index contributed by atoms with van der Waals surface area (Å²) in [5.41, 5.74) is -0.488. The maximum absolute atomic E-state index is 12.1. The van der Waals surface area contributed by atoms with Gasteiger partial charge >= 0.3 is 14.8 Å². The fraction of sp³-hybridized carbons (Fsp3) is 0.929. The van der Waals surface area contributed by atoms with Crippen molar-refractivity contribution in [2.24, 2.45) is 5.92 Å². The average molecular weight is 306 g/mol. The molecule has 1 atom stereocenters. The van der Waals surface area contributed by atoms with Gasteiger partial charge in [-0.25, -0.2) is 0 Å². The molecule has 0 fully saturated rings. The lowest BCUT2D eigenvalue weighted by atomic mass is 10.1. The Bertz CT molecular complexity index is 271. The van der Waals surface area contributed by atoms with Gasteiger partial charge in [-0.3, -0.25) is 4.79 Å².